The van der Waals surface area contributed by atoms with Gasteiger partial charge in [-0.05, 0) is 12.0 Å². The quantitative estimate of drug-likeness (QED) is 0.691. The Hall–Kier alpha value is -1.05. The molecule has 1 aromatic heterocycles. The number of ether oxygens (including phenoxy) is 1. The van der Waals surface area contributed by atoms with Gasteiger partial charge in [0.15, 0.2) is 0 Å². The van der Waals surface area contributed by atoms with Gasteiger partial charge < -0.3 is 4.74 Å². The van der Waals surface area contributed by atoms with Gasteiger partial charge in [-0.25, -0.2) is 0 Å². The first kappa shape index (κ1) is 10.0. The molecule has 0 spiro atoms. The van der Waals surface area contributed by atoms with Crippen molar-refractivity contribution in [3.05, 3.63) is 24.5 Å². The van der Waals surface area contributed by atoms with Gasteiger partial charge >= 0.3 is 0 Å². The number of aromatic nitrogens is 1. The summed E-state index contributed by atoms with van der Waals surface area (Å²) in [5.74, 6) is 1.47. The SMILES string of the molecule is CCC(CC)COc1c[c]cnc1. The minimum atomic E-state index is 0.653. The fourth-order valence-electron chi connectivity index (χ4n) is 1.13. The second kappa shape index (κ2) is 5.57. The van der Waals surface area contributed by atoms with Crippen molar-refractivity contribution in [3.8, 4) is 5.75 Å². The number of hydrogen-bond acceptors (Lipinski definition) is 2. The average molecular weight is 178 g/mol. The third kappa shape index (κ3) is 3.45. The zero-order valence-electron chi connectivity index (χ0n) is 8.29. The van der Waals surface area contributed by atoms with Crippen molar-refractivity contribution in [2.75, 3.05) is 6.61 Å². The van der Waals surface area contributed by atoms with Gasteiger partial charge in [0, 0.05) is 12.3 Å². The fraction of sp³-hybridized carbons (Fsp3) is 0.545. The van der Waals surface area contributed by atoms with E-state index < -0.39 is 0 Å². The first-order valence-corrected chi connectivity index (χ1v) is 4.80. The van der Waals surface area contributed by atoms with Crippen LogP contribution in [0.5, 0.6) is 5.75 Å². The van der Waals surface area contributed by atoms with Gasteiger partial charge in [0.1, 0.15) is 5.75 Å². The minimum Gasteiger partial charge on any atom is -0.492 e. The zero-order chi connectivity index (χ0) is 9.52. The highest BCUT2D eigenvalue weighted by molar-refractivity contribution is 5.14. The largest absolute Gasteiger partial charge is 0.492 e. The van der Waals surface area contributed by atoms with Gasteiger partial charge in [-0.2, -0.15) is 0 Å². The lowest BCUT2D eigenvalue weighted by molar-refractivity contribution is 0.240. The van der Waals surface area contributed by atoms with Crippen LogP contribution >= 0.6 is 0 Å². The van der Waals surface area contributed by atoms with Crippen LogP contribution < -0.4 is 4.74 Å². The molecule has 1 rings (SSSR count). The van der Waals surface area contributed by atoms with Crippen LogP contribution in [0, 0.1) is 12.0 Å². The van der Waals surface area contributed by atoms with Crippen molar-refractivity contribution >= 4 is 0 Å². The molecular weight excluding hydrogens is 162 g/mol. The summed E-state index contributed by atoms with van der Waals surface area (Å²) >= 11 is 0. The van der Waals surface area contributed by atoms with Gasteiger partial charge in [-0.15, -0.1) is 0 Å². The first-order valence-electron chi connectivity index (χ1n) is 4.80. The molecule has 1 aromatic rings. The van der Waals surface area contributed by atoms with Gasteiger partial charge in [0.25, 0.3) is 0 Å². The van der Waals surface area contributed by atoms with E-state index in [0.29, 0.717) is 5.92 Å². The van der Waals surface area contributed by atoms with Crippen molar-refractivity contribution in [2.24, 2.45) is 5.92 Å². The van der Waals surface area contributed by atoms with Crippen molar-refractivity contribution in [2.45, 2.75) is 26.7 Å². The summed E-state index contributed by atoms with van der Waals surface area (Å²) in [4.78, 5) is 3.93. The molecule has 0 bridgehead atoms. The lowest BCUT2D eigenvalue weighted by Crippen LogP contribution is -2.09. The summed E-state index contributed by atoms with van der Waals surface area (Å²) in [5, 5.41) is 0. The van der Waals surface area contributed by atoms with Crippen LogP contribution in [0.4, 0.5) is 0 Å². The number of pyridine rings is 1. The molecule has 0 atom stereocenters. The van der Waals surface area contributed by atoms with Crippen LogP contribution in [0.1, 0.15) is 26.7 Å². The molecule has 1 radical (unpaired) electrons. The summed E-state index contributed by atoms with van der Waals surface area (Å²) in [6.45, 7) is 5.16. The Labute approximate surface area is 80.0 Å². The molecular formula is C11H16NO. The van der Waals surface area contributed by atoms with Crippen LogP contribution in [0.3, 0.4) is 0 Å². The van der Waals surface area contributed by atoms with E-state index in [1.807, 2.05) is 6.07 Å². The Bertz CT molecular complexity index is 219. The minimum absolute atomic E-state index is 0.653. The van der Waals surface area contributed by atoms with Crippen LogP contribution in [0.15, 0.2) is 18.5 Å². The van der Waals surface area contributed by atoms with Crippen molar-refractivity contribution in [1.82, 2.24) is 4.98 Å². The third-order valence-corrected chi connectivity index (χ3v) is 2.22. The predicted octanol–water partition coefficient (Wildman–Crippen LogP) is 2.70. The highest BCUT2D eigenvalue weighted by Gasteiger charge is 2.03. The van der Waals surface area contributed by atoms with Gasteiger partial charge in [0.2, 0.25) is 0 Å². The molecule has 0 saturated heterocycles. The zero-order valence-corrected chi connectivity index (χ0v) is 8.29. The molecule has 0 fully saturated rings. The molecule has 2 heteroatoms. The normalized spacial score (nSPS) is 10.4. The summed E-state index contributed by atoms with van der Waals surface area (Å²) in [6, 6.07) is 4.70. The van der Waals surface area contributed by atoms with Crippen LogP contribution in [-0.4, -0.2) is 11.6 Å². The summed E-state index contributed by atoms with van der Waals surface area (Å²) in [7, 11) is 0. The highest BCUT2D eigenvalue weighted by atomic mass is 16.5. The summed E-state index contributed by atoms with van der Waals surface area (Å²) in [6.07, 6.45) is 5.68. The first-order chi connectivity index (χ1) is 6.36. The van der Waals surface area contributed by atoms with Gasteiger partial charge in [0.05, 0.1) is 12.8 Å². The predicted molar refractivity (Wildman–Crippen MR) is 52.6 cm³/mol. The third-order valence-electron chi connectivity index (χ3n) is 2.22. The maximum Gasteiger partial charge on any atom is 0.138 e. The Balaban J connectivity index is 2.34. The van der Waals surface area contributed by atoms with E-state index in [-0.39, 0.29) is 0 Å². The Morgan fingerprint density at radius 1 is 1.46 bits per heavy atom. The fourth-order valence-corrected chi connectivity index (χ4v) is 1.13. The Morgan fingerprint density at radius 3 is 2.77 bits per heavy atom. The molecule has 1 heterocycles. The van der Waals surface area contributed by atoms with Crippen molar-refractivity contribution in [3.63, 3.8) is 0 Å². The summed E-state index contributed by atoms with van der Waals surface area (Å²) in [5.41, 5.74) is 0. The van der Waals surface area contributed by atoms with Crippen LogP contribution in [-0.2, 0) is 0 Å². The lowest BCUT2D eigenvalue weighted by Gasteiger charge is -2.12. The van der Waals surface area contributed by atoms with Gasteiger partial charge in [-0.1, -0.05) is 26.7 Å². The van der Waals surface area contributed by atoms with Gasteiger partial charge in [-0.3, -0.25) is 4.98 Å². The lowest BCUT2D eigenvalue weighted by atomic mass is 10.1. The second-order valence-electron chi connectivity index (χ2n) is 3.11. The maximum atomic E-state index is 5.56. The molecule has 0 amide bonds. The molecule has 0 unspecified atom stereocenters. The number of rotatable bonds is 5. The van der Waals surface area contributed by atoms with E-state index in [1.54, 1.807) is 12.4 Å². The molecule has 0 aliphatic heterocycles. The molecule has 0 aliphatic rings. The number of hydrogen-bond donors (Lipinski definition) is 0. The van der Waals surface area contributed by atoms with Crippen molar-refractivity contribution in [1.29, 1.82) is 0 Å². The molecule has 13 heavy (non-hydrogen) atoms. The van der Waals surface area contributed by atoms with Crippen LogP contribution in [0.25, 0.3) is 0 Å². The maximum absolute atomic E-state index is 5.56. The molecule has 0 N–H and O–H groups in total. The highest BCUT2D eigenvalue weighted by Crippen LogP contribution is 2.12. The van der Waals surface area contributed by atoms with E-state index in [2.05, 4.69) is 24.9 Å². The van der Waals surface area contributed by atoms with E-state index in [9.17, 15) is 0 Å². The standard InChI is InChI=1S/C11H16NO/c1-3-10(4-2)9-13-11-6-5-7-12-8-11/h6-8,10H,3-4,9H2,1-2H3. The summed E-state index contributed by atoms with van der Waals surface area (Å²) < 4.78 is 5.56. The van der Waals surface area contributed by atoms with E-state index in [0.717, 1.165) is 12.4 Å². The van der Waals surface area contributed by atoms with E-state index in [4.69, 9.17) is 4.74 Å². The van der Waals surface area contributed by atoms with Crippen LogP contribution in [0.2, 0.25) is 0 Å². The topological polar surface area (TPSA) is 22.1 Å². The smallest absolute Gasteiger partial charge is 0.138 e. The molecule has 0 aromatic carbocycles. The monoisotopic (exact) mass is 178 g/mol. The Kier molecular flexibility index (Phi) is 4.30. The van der Waals surface area contributed by atoms with E-state index in [1.165, 1.54) is 12.8 Å². The average Bonchev–Trinajstić information content (AvgIpc) is 2.21. The molecule has 0 saturated carbocycles. The Morgan fingerprint density at radius 2 is 2.23 bits per heavy atom. The molecule has 71 valence electrons. The molecule has 0 aliphatic carbocycles. The van der Waals surface area contributed by atoms with Crippen molar-refractivity contribution < 1.29 is 4.74 Å². The second-order valence-corrected chi connectivity index (χ2v) is 3.11. The molecule has 2 nitrogen and oxygen atoms in total. The number of nitrogens with zero attached hydrogens (tertiary/aromatic N) is 1. The van der Waals surface area contributed by atoms with E-state index >= 15 is 0 Å².